The third-order valence-corrected chi connectivity index (χ3v) is 6.31. The predicted molar refractivity (Wildman–Crippen MR) is 143 cm³/mol. The number of benzene rings is 3. The number of nitrogens with zero attached hydrogens (tertiary/aromatic N) is 5. The highest BCUT2D eigenvalue weighted by Crippen LogP contribution is 2.28. The molecule has 3 aromatic carbocycles. The second-order valence-electron chi connectivity index (χ2n) is 8.41. The van der Waals surface area contributed by atoms with E-state index in [1.54, 1.807) is 6.21 Å². The van der Waals surface area contributed by atoms with Gasteiger partial charge in [0, 0.05) is 31.0 Å². The summed E-state index contributed by atoms with van der Waals surface area (Å²) in [6.07, 6.45) is 1.63. The number of hydrogen-bond acceptors (Lipinski definition) is 6. The number of aryl methyl sites for hydroxylation is 2. The van der Waals surface area contributed by atoms with Crippen molar-refractivity contribution >= 4 is 29.6 Å². The van der Waals surface area contributed by atoms with E-state index in [9.17, 15) is 4.79 Å². The number of amides is 1. The Labute approximate surface area is 209 Å². The molecule has 0 aliphatic heterocycles. The molecule has 8 heteroatoms. The number of rotatable bonds is 8. The van der Waals surface area contributed by atoms with Crippen LogP contribution in [-0.2, 0) is 4.79 Å². The highest BCUT2D eigenvalue weighted by Gasteiger charge is 2.17. The maximum atomic E-state index is 12.4. The van der Waals surface area contributed by atoms with Gasteiger partial charge in [-0.2, -0.15) is 5.10 Å². The number of carbonyl (C=O) groups excluding carboxylic acids is 1. The topological polar surface area (TPSA) is 75.4 Å². The average molecular weight is 485 g/mol. The van der Waals surface area contributed by atoms with Gasteiger partial charge < -0.3 is 4.90 Å². The van der Waals surface area contributed by atoms with Crippen molar-refractivity contribution in [2.24, 2.45) is 5.10 Å². The van der Waals surface area contributed by atoms with Gasteiger partial charge in [-0.25, -0.2) is 5.43 Å². The average Bonchev–Trinajstić information content (AvgIpc) is 3.28. The van der Waals surface area contributed by atoms with Crippen molar-refractivity contribution in [3.8, 4) is 17.1 Å². The fourth-order valence-corrected chi connectivity index (χ4v) is 4.12. The third-order valence-electron chi connectivity index (χ3n) is 5.38. The molecule has 0 atom stereocenters. The lowest BCUT2D eigenvalue weighted by atomic mass is 10.1. The number of aromatic nitrogens is 3. The summed E-state index contributed by atoms with van der Waals surface area (Å²) in [4.78, 5) is 14.5. The summed E-state index contributed by atoms with van der Waals surface area (Å²) >= 11 is 1.32. The first-order chi connectivity index (χ1) is 16.9. The molecule has 1 aromatic heterocycles. The molecule has 1 N–H and O–H groups in total. The first kappa shape index (κ1) is 24.2. The molecule has 0 saturated carbocycles. The number of anilines is 1. The van der Waals surface area contributed by atoms with Crippen molar-refractivity contribution in [2.45, 2.75) is 19.0 Å². The van der Waals surface area contributed by atoms with Gasteiger partial charge in [-0.15, -0.1) is 10.2 Å². The van der Waals surface area contributed by atoms with Gasteiger partial charge in [0.15, 0.2) is 11.0 Å². The van der Waals surface area contributed by atoms with Crippen LogP contribution in [0.2, 0.25) is 0 Å². The zero-order valence-corrected chi connectivity index (χ0v) is 21.1. The van der Waals surface area contributed by atoms with Crippen LogP contribution < -0.4 is 10.3 Å². The lowest BCUT2D eigenvalue weighted by Crippen LogP contribution is -2.20. The van der Waals surface area contributed by atoms with Gasteiger partial charge in [-0.3, -0.25) is 9.36 Å². The molecule has 0 bridgehead atoms. The van der Waals surface area contributed by atoms with Gasteiger partial charge in [-0.1, -0.05) is 71.4 Å². The predicted octanol–water partition coefficient (Wildman–Crippen LogP) is 4.86. The molecule has 0 radical (unpaired) electrons. The van der Waals surface area contributed by atoms with Gasteiger partial charge >= 0.3 is 0 Å². The lowest BCUT2D eigenvalue weighted by Gasteiger charge is -2.11. The lowest BCUT2D eigenvalue weighted by molar-refractivity contribution is -0.118. The Bertz CT molecular complexity index is 1310. The minimum absolute atomic E-state index is 0.162. The molecule has 7 nitrogen and oxygen atoms in total. The van der Waals surface area contributed by atoms with E-state index in [1.807, 2.05) is 79.0 Å². The fraction of sp³-hybridized carbons (Fsp3) is 0.185. The SMILES string of the molecule is Cc1ccc(-c2nnc(SCC(=O)N/N=C/c3ccc(N(C)C)cc3)n2-c2ccc(C)cc2)cc1. The third kappa shape index (κ3) is 6.16. The molecule has 4 aromatic rings. The first-order valence-corrected chi connectivity index (χ1v) is 12.2. The summed E-state index contributed by atoms with van der Waals surface area (Å²) < 4.78 is 1.98. The van der Waals surface area contributed by atoms with E-state index in [4.69, 9.17) is 0 Å². The van der Waals surface area contributed by atoms with Crippen molar-refractivity contribution < 1.29 is 4.79 Å². The van der Waals surface area contributed by atoms with E-state index >= 15 is 0 Å². The van der Waals surface area contributed by atoms with E-state index in [2.05, 4.69) is 51.9 Å². The minimum atomic E-state index is -0.216. The molecule has 1 amide bonds. The van der Waals surface area contributed by atoms with Gasteiger partial charge in [-0.05, 0) is 43.7 Å². The van der Waals surface area contributed by atoms with Crippen LogP contribution in [-0.4, -0.2) is 46.7 Å². The van der Waals surface area contributed by atoms with E-state index in [1.165, 1.54) is 22.9 Å². The Kier molecular flexibility index (Phi) is 7.62. The van der Waals surface area contributed by atoms with Crippen molar-refractivity contribution in [2.75, 3.05) is 24.7 Å². The molecular weight excluding hydrogens is 456 g/mol. The Morgan fingerprint density at radius 1 is 0.943 bits per heavy atom. The molecule has 0 spiro atoms. The molecule has 1 heterocycles. The van der Waals surface area contributed by atoms with Crippen LogP contribution in [0.25, 0.3) is 17.1 Å². The molecule has 4 rings (SSSR count). The van der Waals surface area contributed by atoms with Crippen molar-refractivity contribution in [1.82, 2.24) is 20.2 Å². The van der Waals surface area contributed by atoms with Crippen LogP contribution in [0.4, 0.5) is 5.69 Å². The zero-order chi connectivity index (χ0) is 24.8. The minimum Gasteiger partial charge on any atom is -0.378 e. The normalized spacial score (nSPS) is 11.1. The van der Waals surface area contributed by atoms with Crippen LogP contribution in [0, 0.1) is 13.8 Å². The van der Waals surface area contributed by atoms with E-state index < -0.39 is 0 Å². The molecule has 0 aliphatic rings. The highest BCUT2D eigenvalue weighted by atomic mass is 32.2. The molecule has 0 aliphatic carbocycles. The van der Waals surface area contributed by atoms with Crippen LogP contribution in [0.3, 0.4) is 0 Å². The second-order valence-corrected chi connectivity index (χ2v) is 9.35. The van der Waals surface area contributed by atoms with Crippen molar-refractivity contribution in [3.05, 3.63) is 89.5 Å². The maximum Gasteiger partial charge on any atom is 0.250 e. The van der Waals surface area contributed by atoms with E-state index in [0.717, 1.165) is 28.3 Å². The van der Waals surface area contributed by atoms with Gasteiger partial charge in [0.25, 0.3) is 5.91 Å². The van der Waals surface area contributed by atoms with Gasteiger partial charge in [0.2, 0.25) is 0 Å². The van der Waals surface area contributed by atoms with Crippen LogP contribution in [0.5, 0.6) is 0 Å². The molecule has 0 saturated heterocycles. The largest absolute Gasteiger partial charge is 0.378 e. The van der Waals surface area contributed by atoms with Crippen molar-refractivity contribution in [1.29, 1.82) is 0 Å². The Morgan fingerprint density at radius 2 is 1.57 bits per heavy atom. The van der Waals surface area contributed by atoms with Gasteiger partial charge in [0.05, 0.1) is 12.0 Å². The summed E-state index contributed by atoms with van der Waals surface area (Å²) in [5, 5.41) is 13.6. The zero-order valence-electron chi connectivity index (χ0n) is 20.3. The maximum absolute atomic E-state index is 12.4. The Hall–Kier alpha value is -3.91. The number of carbonyl (C=O) groups is 1. The summed E-state index contributed by atoms with van der Waals surface area (Å²) in [6, 6.07) is 24.3. The van der Waals surface area contributed by atoms with Gasteiger partial charge in [0.1, 0.15) is 0 Å². The summed E-state index contributed by atoms with van der Waals surface area (Å²) in [7, 11) is 3.98. The number of nitrogens with one attached hydrogen (secondary N) is 1. The smallest absolute Gasteiger partial charge is 0.250 e. The second kappa shape index (κ2) is 11.0. The first-order valence-electron chi connectivity index (χ1n) is 11.2. The summed E-state index contributed by atoms with van der Waals surface area (Å²) in [6.45, 7) is 4.10. The number of thioether (sulfide) groups is 1. The van der Waals surface area contributed by atoms with Crippen LogP contribution in [0.1, 0.15) is 16.7 Å². The Morgan fingerprint density at radius 3 is 2.20 bits per heavy atom. The number of hydrazone groups is 1. The molecule has 178 valence electrons. The van der Waals surface area contributed by atoms with Crippen LogP contribution in [0.15, 0.2) is 83.1 Å². The number of hydrogen-bond donors (Lipinski definition) is 1. The van der Waals surface area contributed by atoms with Crippen molar-refractivity contribution in [3.63, 3.8) is 0 Å². The summed E-state index contributed by atoms with van der Waals surface area (Å²) in [5.74, 6) is 0.678. The standard InChI is InChI=1S/C27H28N6OS/c1-19-5-11-22(12-6-19)26-30-31-27(33(26)24-13-7-20(2)8-14-24)35-18-25(34)29-28-17-21-9-15-23(16-10-21)32(3)4/h5-17H,18H2,1-4H3,(H,29,34)/b28-17+. The molecular formula is C27H28N6OS. The summed E-state index contributed by atoms with van der Waals surface area (Å²) in [5.41, 5.74) is 8.85. The monoisotopic (exact) mass is 484 g/mol. The molecule has 0 unspecified atom stereocenters. The fourth-order valence-electron chi connectivity index (χ4n) is 3.38. The van der Waals surface area contributed by atoms with Crippen LogP contribution >= 0.6 is 11.8 Å². The molecule has 0 fully saturated rings. The quantitative estimate of drug-likeness (QED) is 0.220. The van der Waals surface area contributed by atoms with E-state index in [-0.39, 0.29) is 11.7 Å². The molecule has 35 heavy (non-hydrogen) atoms. The highest BCUT2D eigenvalue weighted by molar-refractivity contribution is 7.99. The van der Waals surface area contributed by atoms with E-state index in [0.29, 0.717) is 5.16 Å². The Balaban J connectivity index is 1.47.